The highest BCUT2D eigenvalue weighted by molar-refractivity contribution is 6.18. The van der Waals surface area contributed by atoms with Crippen molar-refractivity contribution in [2.75, 3.05) is 5.88 Å². The van der Waals surface area contributed by atoms with E-state index in [-0.39, 0.29) is 12.3 Å². The van der Waals surface area contributed by atoms with Crippen molar-refractivity contribution in [2.45, 2.75) is 12.5 Å². The zero-order valence-corrected chi connectivity index (χ0v) is 4.60. The highest BCUT2D eigenvalue weighted by Gasteiger charge is 1.97. The third kappa shape index (κ3) is 4.05. The Morgan fingerprint density at radius 2 is 2.29 bits per heavy atom. The molecule has 0 amide bonds. The minimum Gasteiger partial charge on any atom is -0.392 e. The van der Waals surface area contributed by atoms with E-state index in [0.29, 0.717) is 0 Å². The molecule has 0 aromatic carbocycles. The van der Waals surface area contributed by atoms with Crippen LogP contribution >= 0.6 is 11.6 Å². The van der Waals surface area contributed by atoms with Crippen LogP contribution in [0.25, 0.3) is 0 Å². The van der Waals surface area contributed by atoms with Crippen LogP contribution in [0.3, 0.4) is 0 Å². The van der Waals surface area contributed by atoms with Crippen molar-refractivity contribution >= 4 is 11.6 Å². The summed E-state index contributed by atoms with van der Waals surface area (Å²) in [6.07, 6.45) is -0.338. The zero-order valence-electron chi connectivity index (χ0n) is 3.84. The summed E-state index contributed by atoms with van der Waals surface area (Å²) >= 11 is 5.15. The number of hydrogen-bond acceptors (Lipinski definition) is 2. The van der Waals surface area contributed by atoms with E-state index in [1.54, 1.807) is 0 Å². The van der Waals surface area contributed by atoms with E-state index < -0.39 is 6.10 Å². The third-order valence-corrected chi connectivity index (χ3v) is 0.912. The van der Waals surface area contributed by atoms with Gasteiger partial charge in [0, 0.05) is 12.3 Å². The van der Waals surface area contributed by atoms with Gasteiger partial charge in [0.25, 0.3) is 0 Å². The van der Waals surface area contributed by atoms with Gasteiger partial charge in [0.05, 0.1) is 12.7 Å². The molecule has 2 N–H and O–H groups in total. The first-order chi connectivity index (χ1) is 3.31. The molecule has 7 heavy (non-hydrogen) atoms. The average Bonchev–Trinajstić information content (AvgIpc) is 1.68. The Morgan fingerprint density at radius 1 is 1.71 bits per heavy atom. The molecule has 1 radical (unpaired) electrons. The molecule has 1 unspecified atom stereocenters. The summed E-state index contributed by atoms with van der Waals surface area (Å²) in [6.45, 7) is 0.896. The fourth-order valence-corrected chi connectivity index (χ4v) is 0.311. The number of aliphatic hydroxyl groups excluding tert-OH is 2. The molecule has 0 aliphatic carbocycles. The highest BCUT2D eigenvalue weighted by atomic mass is 35.5. The molecule has 0 bridgehead atoms. The van der Waals surface area contributed by atoms with Gasteiger partial charge in [0.1, 0.15) is 0 Å². The molecule has 2 nitrogen and oxygen atoms in total. The maximum atomic E-state index is 8.53. The van der Waals surface area contributed by atoms with Crippen LogP contribution in [0.4, 0.5) is 0 Å². The van der Waals surface area contributed by atoms with Gasteiger partial charge in [-0.3, -0.25) is 0 Å². The Balaban J connectivity index is 2.83. The topological polar surface area (TPSA) is 40.5 Å². The molecule has 0 saturated heterocycles. The maximum Gasteiger partial charge on any atom is 0.0825 e. The fraction of sp³-hybridized carbons (Fsp3) is 0.750. The first-order valence-electron chi connectivity index (χ1n) is 2.01. The Bertz CT molecular complexity index is 40.7. The molecule has 0 aromatic rings. The van der Waals surface area contributed by atoms with Gasteiger partial charge >= 0.3 is 0 Å². The number of alkyl halides is 1. The van der Waals surface area contributed by atoms with Crippen LogP contribution in [-0.2, 0) is 0 Å². The van der Waals surface area contributed by atoms with Gasteiger partial charge in [-0.1, -0.05) is 0 Å². The first kappa shape index (κ1) is 7.21. The quantitative estimate of drug-likeness (QED) is 0.537. The molecule has 1 atom stereocenters. The molecule has 0 aromatic heterocycles. The highest BCUT2D eigenvalue weighted by Crippen LogP contribution is 1.93. The molecule has 0 fully saturated rings. The third-order valence-electron chi connectivity index (χ3n) is 0.556. The first-order valence-corrected chi connectivity index (χ1v) is 2.54. The molecule has 0 aliphatic heterocycles. The second-order valence-electron chi connectivity index (χ2n) is 1.23. The Hall–Kier alpha value is 0.210. The number of rotatable bonds is 3. The van der Waals surface area contributed by atoms with Crippen molar-refractivity contribution in [1.29, 1.82) is 0 Å². The van der Waals surface area contributed by atoms with Crippen molar-refractivity contribution in [3.05, 3.63) is 6.61 Å². The normalized spacial score (nSPS) is 14.1. The van der Waals surface area contributed by atoms with Gasteiger partial charge in [0.2, 0.25) is 0 Å². The second kappa shape index (κ2) is 4.37. The van der Waals surface area contributed by atoms with Crippen LogP contribution in [-0.4, -0.2) is 22.2 Å². The summed E-state index contributed by atoms with van der Waals surface area (Å²) in [5, 5.41) is 16.6. The number of halogens is 1. The van der Waals surface area contributed by atoms with Crippen molar-refractivity contribution in [2.24, 2.45) is 0 Å². The van der Waals surface area contributed by atoms with E-state index in [2.05, 4.69) is 0 Å². The van der Waals surface area contributed by atoms with Crippen LogP contribution in [0.15, 0.2) is 0 Å². The predicted octanol–water partition coefficient (Wildman–Crippen LogP) is 0.510. The fourth-order valence-electron chi connectivity index (χ4n) is 0.185. The van der Waals surface area contributed by atoms with Crippen molar-refractivity contribution in [1.82, 2.24) is 0 Å². The molecular formula is C4H8ClO2. The summed E-state index contributed by atoms with van der Waals surface area (Å²) in [5.74, 6) is 0.178. The lowest BCUT2D eigenvalue weighted by Crippen LogP contribution is -2.07. The SMILES string of the molecule is O[CH]CC(O)CCl. The molecule has 43 valence electrons. The second-order valence-corrected chi connectivity index (χ2v) is 1.54. The van der Waals surface area contributed by atoms with Crippen molar-refractivity contribution in [3.8, 4) is 0 Å². The van der Waals surface area contributed by atoms with Gasteiger partial charge in [-0.15, -0.1) is 11.6 Å². The molecule has 0 rings (SSSR count). The zero-order chi connectivity index (χ0) is 5.70. The largest absolute Gasteiger partial charge is 0.392 e. The van der Waals surface area contributed by atoms with E-state index in [0.717, 1.165) is 6.61 Å². The molecule has 0 spiro atoms. The lowest BCUT2D eigenvalue weighted by Gasteiger charge is -1.99. The number of aliphatic hydroxyl groups is 2. The van der Waals surface area contributed by atoms with Gasteiger partial charge in [-0.2, -0.15) is 0 Å². The monoisotopic (exact) mass is 123 g/mol. The van der Waals surface area contributed by atoms with Gasteiger partial charge in [-0.05, 0) is 0 Å². The Morgan fingerprint density at radius 3 is 2.43 bits per heavy atom. The van der Waals surface area contributed by atoms with E-state index in [4.69, 9.17) is 21.8 Å². The lowest BCUT2D eigenvalue weighted by atomic mass is 10.3. The van der Waals surface area contributed by atoms with E-state index >= 15 is 0 Å². The molecular weight excluding hydrogens is 115 g/mol. The molecule has 3 heteroatoms. The minimum absolute atomic E-state index is 0.178. The number of hydrogen-bond donors (Lipinski definition) is 2. The Kier molecular flexibility index (Phi) is 4.50. The van der Waals surface area contributed by atoms with E-state index in [9.17, 15) is 0 Å². The lowest BCUT2D eigenvalue weighted by molar-refractivity contribution is 0.176. The van der Waals surface area contributed by atoms with Crippen LogP contribution in [0.2, 0.25) is 0 Å². The molecule has 0 aliphatic rings. The van der Waals surface area contributed by atoms with Gasteiger partial charge in [-0.25, -0.2) is 0 Å². The van der Waals surface area contributed by atoms with Crippen molar-refractivity contribution in [3.63, 3.8) is 0 Å². The Labute approximate surface area is 47.7 Å². The average molecular weight is 124 g/mol. The smallest absolute Gasteiger partial charge is 0.0825 e. The minimum atomic E-state index is -0.591. The molecule has 0 heterocycles. The summed E-state index contributed by atoms with van der Waals surface area (Å²) in [6, 6.07) is 0. The predicted molar refractivity (Wildman–Crippen MR) is 27.6 cm³/mol. The van der Waals surface area contributed by atoms with Crippen LogP contribution in [0.5, 0.6) is 0 Å². The van der Waals surface area contributed by atoms with Gasteiger partial charge in [0.15, 0.2) is 0 Å². The summed E-state index contributed by atoms with van der Waals surface area (Å²) in [5.41, 5.74) is 0. The maximum absolute atomic E-state index is 8.53. The van der Waals surface area contributed by atoms with E-state index in [1.165, 1.54) is 0 Å². The standard InChI is InChI=1S/C4H8ClO2/c5-3-4(7)1-2-6/h2,4,6-7H,1,3H2. The van der Waals surface area contributed by atoms with Crippen LogP contribution < -0.4 is 0 Å². The summed E-state index contributed by atoms with van der Waals surface area (Å²) in [7, 11) is 0. The van der Waals surface area contributed by atoms with Gasteiger partial charge < -0.3 is 10.2 Å². The van der Waals surface area contributed by atoms with Crippen LogP contribution in [0.1, 0.15) is 6.42 Å². The van der Waals surface area contributed by atoms with Crippen LogP contribution in [0, 0.1) is 6.61 Å². The van der Waals surface area contributed by atoms with E-state index in [1.807, 2.05) is 0 Å². The summed E-state index contributed by atoms with van der Waals surface area (Å²) in [4.78, 5) is 0. The summed E-state index contributed by atoms with van der Waals surface area (Å²) < 4.78 is 0. The molecule has 0 saturated carbocycles. The van der Waals surface area contributed by atoms with Crippen molar-refractivity contribution < 1.29 is 10.2 Å².